The molecule has 18 heavy (non-hydrogen) atoms. The third-order valence-electron chi connectivity index (χ3n) is 2.56. The van der Waals surface area contributed by atoms with E-state index in [4.69, 9.17) is 4.74 Å². The van der Waals surface area contributed by atoms with Crippen molar-refractivity contribution in [2.45, 2.75) is 27.7 Å². The highest BCUT2D eigenvalue weighted by atomic mass is 16.5. The molecule has 0 aromatic carbocycles. The molecule has 5 nitrogen and oxygen atoms in total. The van der Waals surface area contributed by atoms with E-state index < -0.39 is 5.97 Å². The van der Waals surface area contributed by atoms with E-state index in [2.05, 4.69) is 28.7 Å². The molecule has 1 rings (SSSR count). The van der Waals surface area contributed by atoms with Gasteiger partial charge in [-0.05, 0) is 19.8 Å². The zero-order chi connectivity index (χ0) is 13.7. The van der Waals surface area contributed by atoms with Crippen LogP contribution in [0.2, 0.25) is 0 Å². The van der Waals surface area contributed by atoms with Crippen LogP contribution in [0.5, 0.6) is 0 Å². The number of aryl methyl sites for hydroxylation is 1. The first kappa shape index (κ1) is 14.4. The highest BCUT2D eigenvalue weighted by molar-refractivity contribution is 5.94. The summed E-state index contributed by atoms with van der Waals surface area (Å²) in [5, 5.41) is 0. The molecule has 0 unspecified atom stereocenters. The maximum absolute atomic E-state index is 11.7. The average molecular weight is 251 g/mol. The van der Waals surface area contributed by atoms with E-state index in [1.165, 1.54) is 13.3 Å². The normalized spacial score (nSPS) is 10.6. The van der Waals surface area contributed by atoms with E-state index in [1.807, 2.05) is 13.8 Å². The van der Waals surface area contributed by atoms with Crippen LogP contribution in [0.1, 0.15) is 37.0 Å². The predicted octanol–water partition coefficient (Wildman–Crippen LogP) is 2.05. The van der Waals surface area contributed by atoms with Crippen molar-refractivity contribution in [3.63, 3.8) is 0 Å². The molecule has 1 aromatic rings. The Balaban J connectivity index is 3.17. The van der Waals surface area contributed by atoms with Crippen molar-refractivity contribution in [1.82, 2.24) is 9.97 Å². The van der Waals surface area contributed by atoms with Crippen LogP contribution in [0.3, 0.4) is 0 Å². The third kappa shape index (κ3) is 3.42. The van der Waals surface area contributed by atoms with Crippen LogP contribution in [0, 0.1) is 12.8 Å². The van der Waals surface area contributed by atoms with Gasteiger partial charge in [-0.2, -0.15) is 0 Å². The smallest absolute Gasteiger partial charge is 0.343 e. The van der Waals surface area contributed by atoms with Crippen LogP contribution < -0.4 is 4.90 Å². The SMILES string of the molecule is CCN(CC(C)C)c1nc(C)ncc1C(=O)OC. The van der Waals surface area contributed by atoms with E-state index in [0.29, 0.717) is 23.1 Å². The molecule has 0 amide bonds. The van der Waals surface area contributed by atoms with Crippen molar-refractivity contribution in [2.75, 3.05) is 25.1 Å². The molecule has 0 spiro atoms. The predicted molar refractivity (Wildman–Crippen MR) is 70.8 cm³/mol. The van der Waals surface area contributed by atoms with Gasteiger partial charge in [-0.15, -0.1) is 0 Å². The third-order valence-corrected chi connectivity index (χ3v) is 2.56. The van der Waals surface area contributed by atoms with Crippen molar-refractivity contribution in [3.8, 4) is 0 Å². The number of nitrogens with zero attached hydrogens (tertiary/aromatic N) is 3. The van der Waals surface area contributed by atoms with Gasteiger partial charge in [0.1, 0.15) is 17.2 Å². The number of methoxy groups -OCH3 is 1. The Morgan fingerprint density at radius 1 is 1.50 bits per heavy atom. The fourth-order valence-corrected chi connectivity index (χ4v) is 1.76. The molecule has 0 bridgehead atoms. The van der Waals surface area contributed by atoms with E-state index in [9.17, 15) is 4.79 Å². The zero-order valence-electron chi connectivity index (χ0n) is 11.7. The first-order chi connectivity index (χ1) is 8.49. The molecule has 0 aliphatic heterocycles. The molecular weight excluding hydrogens is 230 g/mol. The van der Waals surface area contributed by atoms with Crippen LogP contribution in [0.15, 0.2) is 6.20 Å². The summed E-state index contributed by atoms with van der Waals surface area (Å²) in [4.78, 5) is 22.2. The van der Waals surface area contributed by atoms with E-state index >= 15 is 0 Å². The molecule has 5 heteroatoms. The number of carbonyl (C=O) groups is 1. The van der Waals surface area contributed by atoms with Gasteiger partial charge in [-0.1, -0.05) is 13.8 Å². The highest BCUT2D eigenvalue weighted by Gasteiger charge is 2.19. The topological polar surface area (TPSA) is 55.3 Å². The number of ether oxygens (including phenoxy) is 1. The zero-order valence-corrected chi connectivity index (χ0v) is 11.7. The second kappa shape index (κ2) is 6.33. The maximum Gasteiger partial charge on any atom is 0.343 e. The van der Waals surface area contributed by atoms with Crippen LogP contribution in [0.4, 0.5) is 5.82 Å². The van der Waals surface area contributed by atoms with Gasteiger partial charge >= 0.3 is 5.97 Å². The number of rotatable bonds is 5. The summed E-state index contributed by atoms with van der Waals surface area (Å²) >= 11 is 0. The molecule has 0 saturated heterocycles. The minimum absolute atomic E-state index is 0.396. The van der Waals surface area contributed by atoms with Gasteiger partial charge in [0.25, 0.3) is 0 Å². The molecular formula is C13H21N3O2. The summed E-state index contributed by atoms with van der Waals surface area (Å²) in [6.07, 6.45) is 1.53. The maximum atomic E-state index is 11.7. The second-order valence-corrected chi connectivity index (χ2v) is 4.58. The Labute approximate surface area is 108 Å². The second-order valence-electron chi connectivity index (χ2n) is 4.58. The number of esters is 1. The lowest BCUT2D eigenvalue weighted by atomic mass is 10.2. The quantitative estimate of drug-likeness (QED) is 0.750. The molecule has 0 aliphatic rings. The standard InChI is InChI=1S/C13H21N3O2/c1-6-16(8-9(2)3)12-11(13(17)18-5)7-14-10(4)15-12/h7,9H,6,8H2,1-5H3. The summed E-state index contributed by atoms with van der Waals surface area (Å²) in [7, 11) is 1.37. The van der Waals surface area contributed by atoms with E-state index in [-0.39, 0.29) is 0 Å². The lowest BCUT2D eigenvalue weighted by Crippen LogP contribution is -2.30. The largest absolute Gasteiger partial charge is 0.465 e. The molecule has 1 aromatic heterocycles. The Morgan fingerprint density at radius 3 is 2.67 bits per heavy atom. The van der Waals surface area contributed by atoms with Gasteiger partial charge in [0.15, 0.2) is 0 Å². The molecule has 0 N–H and O–H groups in total. The number of hydrogen-bond acceptors (Lipinski definition) is 5. The van der Waals surface area contributed by atoms with Gasteiger partial charge < -0.3 is 9.64 Å². The molecule has 100 valence electrons. The van der Waals surface area contributed by atoms with Gasteiger partial charge in [0.2, 0.25) is 0 Å². The van der Waals surface area contributed by atoms with Crippen LogP contribution >= 0.6 is 0 Å². The molecule has 0 aliphatic carbocycles. The molecule has 0 radical (unpaired) electrons. The fourth-order valence-electron chi connectivity index (χ4n) is 1.76. The Kier molecular flexibility index (Phi) is 5.07. The average Bonchev–Trinajstić information content (AvgIpc) is 2.34. The molecule has 0 atom stereocenters. The Morgan fingerprint density at radius 2 is 2.17 bits per heavy atom. The van der Waals surface area contributed by atoms with E-state index in [0.717, 1.165) is 13.1 Å². The van der Waals surface area contributed by atoms with Crippen LogP contribution in [-0.4, -0.2) is 36.1 Å². The van der Waals surface area contributed by atoms with Crippen LogP contribution in [0.25, 0.3) is 0 Å². The minimum atomic E-state index is -0.396. The van der Waals surface area contributed by atoms with Crippen molar-refractivity contribution in [1.29, 1.82) is 0 Å². The first-order valence-electron chi connectivity index (χ1n) is 6.16. The summed E-state index contributed by atoms with van der Waals surface area (Å²) in [6, 6.07) is 0. The number of aromatic nitrogens is 2. The van der Waals surface area contributed by atoms with E-state index in [1.54, 1.807) is 0 Å². The Bertz CT molecular complexity index is 419. The molecule has 0 fully saturated rings. The van der Waals surface area contributed by atoms with Gasteiger partial charge in [0.05, 0.1) is 7.11 Å². The lowest BCUT2D eigenvalue weighted by Gasteiger charge is -2.25. The highest BCUT2D eigenvalue weighted by Crippen LogP contribution is 2.19. The first-order valence-corrected chi connectivity index (χ1v) is 6.16. The number of carbonyl (C=O) groups excluding carboxylic acids is 1. The monoisotopic (exact) mass is 251 g/mol. The summed E-state index contributed by atoms with van der Waals surface area (Å²) in [6.45, 7) is 9.76. The van der Waals surface area contributed by atoms with Gasteiger partial charge in [0, 0.05) is 19.3 Å². The molecule has 1 heterocycles. The molecule has 0 saturated carbocycles. The number of hydrogen-bond donors (Lipinski definition) is 0. The fraction of sp³-hybridized carbons (Fsp3) is 0.615. The van der Waals surface area contributed by atoms with Crippen molar-refractivity contribution in [3.05, 3.63) is 17.6 Å². The lowest BCUT2D eigenvalue weighted by molar-refractivity contribution is 0.0600. The van der Waals surface area contributed by atoms with Crippen molar-refractivity contribution in [2.24, 2.45) is 5.92 Å². The van der Waals surface area contributed by atoms with Crippen molar-refractivity contribution < 1.29 is 9.53 Å². The van der Waals surface area contributed by atoms with Gasteiger partial charge in [-0.3, -0.25) is 0 Å². The number of anilines is 1. The van der Waals surface area contributed by atoms with Crippen LogP contribution in [-0.2, 0) is 4.74 Å². The van der Waals surface area contributed by atoms with Crippen molar-refractivity contribution >= 4 is 11.8 Å². The summed E-state index contributed by atoms with van der Waals surface area (Å²) < 4.78 is 4.77. The summed E-state index contributed by atoms with van der Waals surface area (Å²) in [5.41, 5.74) is 0.422. The summed E-state index contributed by atoms with van der Waals surface area (Å²) in [5.74, 6) is 1.41. The van der Waals surface area contributed by atoms with Gasteiger partial charge in [-0.25, -0.2) is 14.8 Å². The minimum Gasteiger partial charge on any atom is -0.465 e. The Hall–Kier alpha value is -1.65.